The van der Waals surface area contributed by atoms with Crippen molar-refractivity contribution in [3.8, 4) is 0 Å². The van der Waals surface area contributed by atoms with Gasteiger partial charge in [-0.3, -0.25) is 0 Å². The van der Waals surface area contributed by atoms with Gasteiger partial charge in [-0.05, 0) is 62.3 Å². The van der Waals surface area contributed by atoms with Crippen LogP contribution in [0.1, 0.15) is 72.1 Å². The summed E-state index contributed by atoms with van der Waals surface area (Å²) in [7, 11) is 0. The molecular weight excluding hydrogens is 246 g/mol. The maximum atomic E-state index is 5.89. The van der Waals surface area contributed by atoms with Crippen molar-refractivity contribution in [1.29, 1.82) is 0 Å². The van der Waals surface area contributed by atoms with Crippen molar-refractivity contribution in [2.24, 2.45) is 17.3 Å². The third kappa shape index (κ3) is 5.37. The van der Waals surface area contributed by atoms with E-state index in [9.17, 15) is 0 Å². The summed E-state index contributed by atoms with van der Waals surface area (Å²) in [5, 5.41) is 3.61. The topological polar surface area (TPSA) is 21.3 Å². The quantitative estimate of drug-likeness (QED) is 0.729. The predicted octanol–water partition coefficient (Wildman–Crippen LogP) is 4.39. The van der Waals surface area contributed by atoms with E-state index in [1.165, 1.54) is 57.9 Å². The Balaban J connectivity index is 1.48. The molecule has 0 heterocycles. The maximum Gasteiger partial charge on any atom is 0.0594 e. The zero-order chi connectivity index (χ0) is 14.4. The van der Waals surface area contributed by atoms with Crippen molar-refractivity contribution < 1.29 is 4.74 Å². The lowest BCUT2D eigenvalue weighted by Crippen LogP contribution is -2.32. The lowest BCUT2D eigenvalue weighted by molar-refractivity contribution is 0.0593. The van der Waals surface area contributed by atoms with Gasteiger partial charge >= 0.3 is 0 Å². The van der Waals surface area contributed by atoms with Crippen LogP contribution in [0.2, 0.25) is 0 Å². The van der Waals surface area contributed by atoms with Crippen LogP contribution in [-0.2, 0) is 4.74 Å². The molecule has 0 bridgehead atoms. The minimum Gasteiger partial charge on any atom is -0.377 e. The zero-order valence-electron chi connectivity index (χ0n) is 13.9. The van der Waals surface area contributed by atoms with Crippen molar-refractivity contribution >= 4 is 0 Å². The highest BCUT2D eigenvalue weighted by Gasteiger charge is 2.29. The molecule has 20 heavy (non-hydrogen) atoms. The molecule has 0 aliphatic heterocycles. The lowest BCUT2D eigenvalue weighted by Gasteiger charge is -2.37. The highest BCUT2D eigenvalue weighted by molar-refractivity contribution is 4.81. The fraction of sp³-hybridized carbons (Fsp3) is 1.00. The smallest absolute Gasteiger partial charge is 0.0594 e. The van der Waals surface area contributed by atoms with E-state index >= 15 is 0 Å². The third-order valence-electron chi connectivity index (χ3n) is 5.44. The van der Waals surface area contributed by atoms with E-state index in [-0.39, 0.29) is 0 Å². The first-order chi connectivity index (χ1) is 9.55. The standard InChI is InChI=1S/C18H35NO/c1-18(2,3)16-10-8-15(9-11-16)14-19-12-13-20-17-6-4-5-7-17/h15-17,19H,4-14H2,1-3H3. The van der Waals surface area contributed by atoms with Crippen LogP contribution < -0.4 is 5.32 Å². The largest absolute Gasteiger partial charge is 0.377 e. The minimum absolute atomic E-state index is 0.507. The van der Waals surface area contributed by atoms with E-state index in [2.05, 4.69) is 26.1 Å². The van der Waals surface area contributed by atoms with Crippen molar-refractivity contribution in [3.63, 3.8) is 0 Å². The van der Waals surface area contributed by atoms with Crippen molar-refractivity contribution in [1.82, 2.24) is 5.32 Å². The third-order valence-corrected chi connectivity index (χ3v) is 5.44. The number of nitrogens with one attached hydrogen (secondary N) is 1. The Morgan fingerprint density at radius 2 is 1.60 bits per heavy atom. The lowest BCUT2D eigenvalue weighted by atomic mass is 9.70. The van der Waals surface area contributed by atoms with Crippen LogP contribution in [0.5, 0.6) is 0 Å². The van der Waals surface area contributed by atoms with Gasteiger partial charge in [0.15, 0.2) is 0 Å². The molecule has 0 radical (unpaired) electrons. The number of ether oxygens (including phenoxy) is 1. The molecule has 0 aromatic carbocycles. The molecule has 2 aliphatic carbocycles. The summed E-state index contributed by atoms with van der Waals surface area (Å²) in [6.07, 6.45) is 11.6. The van der Waals surface area contributed by atoms with Gasteiger partial charge in [-0.1, -0.05) is 33.6 Å². The first-order valence-electron chi connectivity index (χ1n) is 8.88. The van der Waals surface area contributed by atoms with Gasteiger partial charge in [-0.15, -0.1) is 0 Å². The highest BCUT2D eigenvalue weighted by Crippen LogP contribution is 2.39. The molecule has 0 aromatic rings. The Morgan fingerprint density at radius 3 is 2.20 bits per heavy atom. The molecular formula is C18H35NO. The molecule has 0 spiro atoms. The summed E-state index contributed by atoms with van der Waals surface area (Å²) in [5.41, 5.74) is 0.507. The molecule has 0 unspecified atom stereocenters. The average Bonchev–Trinajstić information content (AvgIpc) is 2.91. The van der Waals surface area contributed by atoms with Crippen LogP contribution in [0.25, 0.3) is 0 Å². The van der Waals surface area contributed by atoms with Crippen LogP contribution in [-0.4, -0.2) is 25.8 Å². The fourth-order valence-corrected chi connectivity index (χ4v) is 3.89. The molecule has 1 N–H and O–H groups in total. The van der Waals surface area contributed by atoms with E-state index in [4.69, 9.17) is 4.74 Å². The second-order valence-corrected chi connectivity index (χ2v) is 8.07. The summed E-state index contributed by atoms with van der Waals surface area (Å²) < 4.78 is 5.89. The molecule has 2 aliphatic rings. The molecule has 0 atom stereocenters. The normalized spacial score (nSPS) is 28.9. The van der Waals surface area contributed by atoms with Gasteiger partial charge in [-0.25, -0.2) is 0 Å². The van der Waals surface area contributed by atoms with E-state index < -0.39 is 0 Å². The monoisotopic (exact) mass is 281 g/mol. The van der Waals surface area contributed by atoms with Crippen LogP contribution in [0, 0.1) is 17.3 Å². The average molecular weight is 281 g/mol. The van der Waals surface area contributed by atoms with Crippen molar-refractivity contribution in [2.45, 2.75) is 78.2 Å². The maximum absolute atomic E-state index is 5.89. The molecule has 2 rings (SSSR count). The Kier molecular flexibility index (Phi) is 6.35. The summed E-state index contributed by atoms with van der Waals surface area (Å²) in [6, 6.07) is 0. The van der Waals surface area contributed by atoms with Gasteiger partial charge in [0.05, 0.1) is 12.7 Å². The highest BCUT2D eigenvalue weighted by atomic mass is 16.5. The Bertz CT molecular complexity index is 257. The van der Waals surface area contributed by atoms with Crippen LogP contribution in [0.15, 0.2) is 0 Å². The Morgan fingerprint density at radius 1 is 0.950 bits per heavy atom. The Labute approximate surface area is 126 Å². The number of hydrogen-bond acceptors (Lipinski definition) is 2. The first-order valence-corrected chi connectivity index (χ1v) is 8.88. The minimum atomic E-state index is 0.507. The zero-order valence-corrected chi connectivity index (χ0v) is 13.9. The molecule has 118 valence electrons. The van der Waals surface area contributed by atoms with E-state index in [1.54, 1.807) is 0 Å². The van der Waals surface area contributed by atoms with Crippen LogP contribution in [0.4, 0.5) is 0 Å². The van der Waals surface area contributed by atoms with Crippen molar-refractivity contribution in [2.75, 3.05) is 19.7 Å². The summed E-state index contributed by atoms with van der Waals surface area (Å²) >= 11 is 0. The summed E-state index contributed by atoms with van der Waals surface area (Å²) in [4.78, 5) is 0. The number of rotatable bonds is 6. The molecule has 2 saturated carbocycles. The van der Waals surface area contributed by atoms with Gasteiger partial charge < -0.3 is 10.1 Å². The molecule has 0 amide bonds. The van der Waals surface area contributed by atoms with Gasteiger partial charge in [0.25, 0.3) is 0 Å². The van der Waals surface area contributed by atoms with E-state index in [0.717, 1.165) is 25.0 Å². The summed E-state index contributed by atoms with van der Waals surface area (Å²) in [6.45, 7) is 10.3. The number of hydrogen-bond donors (Lipinski definition) is 1. The van der Waals surface area contributed by atoms with Gasteiger partial charge in [0.2, 0.25) is 0 Å². The first kappa shape index (κ1) is 16.3. The molecule has 2 nitrogen and oxygen atoms in total. The predicted molar refractivity (Wildman–Crippen MR) is 86.0 cm³/mol. The van der Waals surface area contributed by atoms with Crippen LogP contribution >= 0.6 is 0 Å². The van der Waals surface area contributed by atoms with Crippen LogP contribution in [0.3, 0.4) is 0 Å². The Hall–Kier alpha value is -0.0800. The molecule has 0 aromatic heterocycles. The van der Waals surface area contributed by atoms with E-state index in [1.807, 2.05) is 0 Å². The second-order valence-electron chi connectivity index (χ2n) is 8.07. The van der Waals surface area contributed by atoms with Gasteiger partial charge in [0.1, 0.15) is 0 Å². The van der Waals surface area contributed by atoms with Gasteiger partial charge in [0, 0.05) is 6.54 Å². The molecule has 2 heteroatoms. The molecule has 2 fully saturated rings. The SMILES string of the molecule is CC(C)(C)C1CCC(CNCCOC2CCCC2)CC1. The van der Waals surface area contributed by atoms with E-state index in [0.29, 0.717) is 11.5 Å². The van der Waals surface area contributed by atoms with Crippen molar-refractivity contribution in [3.05, 3.63) is 0 Å². The summed E-state index contributed by atoms with van der Waals surface area (Å²) in [5.74, 6) is 1.84. The molecule has 0 saturated heterocycles. The van der Waals surface area contributed by atoms with Gasteiger partial charge in [-0.2, -0.15) is 0 Å². The fourth-order valence-electron chi connectivity index (χ4n) is 3.89. The second kappa shape index (κ2) is 7.79.